The second-order valence-corrected chi connectivity index (χ2v) is 7.32. The van der Waals surface area contributed by atoms with Crippen molar-refractivity contribution in [2.75, 3.05) is 18.4 Å². The molecule has 2 aromatic rings. The molecule has 0 spiro atoms. The first-order valence-electron chi connectivity index (χ1n) is 8.80. The molecule has 0 unspecified atom stereocenters. The Morgan fingerprint density at radius 1 is 1.15 bits per heavy atom. The van der Waals surface area contributed by atoms with Gasteiger partial charge in [-0.2, -0.15) is 8.78 Å². The average Bonchev–Trinajstić information content (AvgIpc) is 2.64. The van der Waals surface area contributed by atoms with E-state index in [1.54, 1.807) is 18.2 Å². The number of thiocarbonyl (C=S) groups is 1. The molecular weight excluding hydrogens is 372 g/mol. The molecular formula is C19H19F2N3O2S. The summed E-state index contributed by atoms with van der Waals surface area (Å²) in [4.78, 5) is 14.2. The highest BCUT2D eigenvalue weighted by Crippen LogP contribution is 2.35. The maximum Gasteiger partial charge on any atom is 0.387 e. The van der Waals surface area contributed by atoms with Crippen molar-refractivity contribution in [1.29, 1.82) is 0 Å². The van der Waals surface area contributed by atoms with Crippen LogP contribution in [0.3, 0.4) is 0 Å². The van der Waals surface area contributed by atoms with Gasteiger partial charge in [-0.1, -0.05) is 6.07 Å². The lowest BCUT2D eigenvalue weighted by Crippen LogP contribution is -2.50. The van der Waals surface area contributed by atoms with E-state index in [9.17, 15) is 13.6 Å². The number of nitrogens with zero attached hydrogens (tertiary/aromatic N) is 2. The third-order valence-electron chi connectivity index (χ3n) is 5.10. The van der Waals surface area contributed by atoms with Crippen LogP contribution >= 0.6 is 12.2 Å². The van der Waals surface area contributed by atoms with E-state index in [4.69, 9.17) is 12.2 Å². The molecule has 8 heteroatoms. The molecule has 1 aromatic heterocycles. The lowest BCUT2D eigenvalue weighted by Gasteiger charge is -2.43. The highest BCUT2D eigenvalue weighted by Gasteiger charge is 2.35. The lowest BCUT2D eigenvalue weighted by molar-refractivity contribution is -0.0498. The number of halogens is 2. The fourth-order valence-corrected chi connectivity index (χ4v) is 4.25. The standard InChI is InChI=1S/C19H19F2N3O2S/c20-18(21)26-15-6-4-14(5-7-15)22-19(27)23-9-12-8-13(11-23)16-2-1-3-17(25)24(16)10-12/h1-7,12-13,18H,8-11H2,(H,22,27)/t12-,13-/m1/s1. The van der Waals surface area contributed by atoms with E-state index in [2.05, 4.69) is 15.0 Å². The van der Waals surface area contributed by atoms with Crippen LogP contribution in [0.1, 0.15) is 18.0 Å². The Morgan fingerprint density at radius 2 is 1.93 bits per heavy atom. The predicted molar refractivity (Wildman–Crippen MR) is 102 cm³/mol. The number of hydrogen-bond donors (Lipinski definition) is 1. The Kier molecular flexibility index (Phi) is 4.82. The van der Waals surface area contributed by atoms with Crippen LogP contribution in [-0.4, -0.2) is 34.3 Å². The number of hydrogen-bond acceptors (Lipinski definition) is 3. The van der Waals surface area contributed by atoms with Gasteiger partial charge in [0.2, 0.25) is 0 Å². The normalized spacial score (nSPS) is 20.9. The number of ether oxygens (including phenoxy) is 1. The van der Waals surface area contributed by atoms with Crippen molar-refractivity contribution in [2.24, 2.45) is 5.92 Å². The van der Waals surface area contributed by atoms with Crippen molar-refractivity contribution < 1.29 is 13.5 Å². The number of likely N-dealkylation sites (tertiary alicyclic amines) is 1. The number of alkyl halides is 2. The summed E-state index contributed by atoms with van der Waals surface area (Å²) in [5.74, 6) is 0.752. The van der Waals surface area contributed by atoms with Crippen molar-refractivity contribution >= 4 is 23.0 Å². The molecule has 0 amide bonds. The Hall–Kier alpha value is -2.48. The summed E-state index contributed by atoms with van der Waals surface area (Å²) in [5.41, 5.74) is 1.84. The first kappa shape index (κ1) is 17.9. The van der Waals surface area contributed by atoms with Crippen LogP contribution in [0.15, 0.2) is 47.3 Å². The van der Waals surface area contributed by atoms with Crippen LogP contribution in [0.25, 0.3) is 0 Å². The molecule has 3 heterocycles. The largest absolute Gasteiger partial charge is 0.435 e. The number of benzene rings is 1. The molecule has 142 valence electrons. The van der Waals surface area contributed by atoms with E-state index >= 15 is 0 Å². The van der Waals surface area contributed by atoms with Crippen LogP contribution in [0, 0.1) is 5.92 Å². The summed E-state index contributed by atoms with van der Waals surface area (Å²) in [6, 6.07) is 11.7. The number of piperidine rings is 1. The second kappa shape index (κ2) is 7.26. The molecule has 5 nitrogen and oxygen atoms in total. The Morgan fingerprint density at radius 3 is 2.67 bits per heavy atom. The molecule has 4 rings (SSSR count). The van der Waals surface area contributed by atoms with Gasteiger partial charge in [0.15, 0.2) is 5.11 Å². The van der Waals surface area contributed by atoms with E-state index in [1.807, 2.05) is 16.7 Å². The number of anilines is 1. The minimum Gasteiger partial charge on any atom is -0.435 e. The van der Waals surface area contributed by atoms with Crippen LogP contribution in [0.2, 0.25) is 0 Å². The smallest absolute Gasteiger partial charge is 0.387 e. The van der Waals surface area contributed by atoms with E-state index in [0.717, 1.165) is 25.2 Å². The molecule has 1 N–H and O–H groups in total. The maximum absolute atomic E-state index is 12.2. The SMILES string of the molecule is O=c1cccc2n1C[C@@H]1C[C@@H]2CN(C(=S)Nc2ccc(OC(F)F)cc2)C1. The van der Waals surface area contributed by atoms with Gasteiger partial charge in [-0.15, -0.1) is 0 Å². The number of pyridine rings is 1. The third-order valence-corrected chi connectivity index (χ3v) is 5.46. The molecule has 1 saturated heterocycles. The quantitative estimate of drug-likeness (QED) is 0.814. The highest BCUT2D eigenvalue weighted by molar-refractivity contribution is 7.80. The van der Waals surface area contributed by atoms with Crippen molar-refractivity contribution in [3.8, 4) is 5.75 Å². The monoisotopic (exact) mass is 391 g/mol. The van der Waals surface area contributed by atoms with Gasteiger partial charge < -0.3 is 19.5 Å². The fourth-order valence-electron chi connectivity index (χ4n) is 3.98. The van der Waals surface area contributed by atoms with Crippen molar-refractivity contribution in [3.05, 3.63) is 58.5 Å². The van der Waals surface area contributed by atoms with Crippen LogP contribution in [-0.2, 0) is 6.54 Å². The topological polar surface area (TPSA) is 46.5 Å². The number of aromatic nitrogens is 1. The fraction of sp³-hybridized carbons (Fsp3) is 0.368. The van der Waals surface area contributed by atoms with E-state index in [1.165, 1.54) is 12.1 Å². The van der Waals surface area contributed by atoms with Gasteiger partial charge in [-0.3, -0.25) is 4.79 Å². The zero-order valence-corrected chi connectivity index (χ0v) is 15.3. The number of rotatable bonds is 3. The first-order valence-corrected chi connectivity index (χ1v) is 9.21. The van der Waals surface area contributed by atoms with E-state index < -0.39 is 6.61 Å². The van der Waals surface area contributed by atoms with E-state index in [-0.39, 0.29) is 17.2 Å². The number of nitrogens with one attached hydrogen (secondary N) is 1. The van der Waals surface area contributed by atoms with Crippen LogP contribution in [0.4, 0.5) is 14.5 Å². The molecule has 2 aliphatic rings. The van der Waals surface area contributed by atoms with Gasteiger partial charge in [0.25, 0.3) is 5.56 Å². The first-order chi connectivity index (χ1) is 13.0. The minimum absolute atomic E-state index is 0.0578. The molecule has 27 heavy (non-hydrogen) atoms. The van der Waals surface area contributed by atoms with Crippen LogP contribution in [0.5, 0.6) is 5.75 Å². The molecule has 2 bridgehead atoms. The molecule has 0 aliphatic carbocycles. The van der Waals surface area contributed by atoms with Gasteiger partial charge in [-0.25, -0.2) is 0 Å². The van der Waals surface area contributed by atoms with E-state index in [0.29, 0.717) is 23.3 Å². The van der Waals surface area contributed by atoms with Gasteiger partial charge in [-0.05, 0) is 54.9 Å². The van der Waals surface area contributed by atoms with Crippen molar-refractivity contribution in [1.82, 2.24) is 9.47 Å². The van der Waals surface area contributed by atoms with Crippen LogP contribution < -0.4 is 15.6 Å². The zero-order chi connectivity index (χ0) is 19.0. The van der Waals surface area contributed by atoms with Gasteiger partial charge in [0.05, 0.1) is 0 Å². The summed E-state index contributed by atoms with van der Waals surface area (Å²) >= 11 is 5.56. The summed E-state index contributed by atoms with van der Waals surface area (Å²) in [6.07, 6.45) is 1.06. The van der Waals surface area contributed by atoms with Gasteiger partial charge in [0.1, 0.15) is 5.75 Å². The zero-order valence-electron chi connectivity index (χ0n) is 14.5. The third kappa shape index (κ3) is 3.80. The molecule has 1 fully saturated rings. The van der Waals surface area contributed by atoms with Gasteiger partial charge >= 0.3 is 6.61 Å². The lowest BCUT2D eigenvalue weighted by atomic mass is 9.83. The molecule has 0 radical (unpaired) electrons. The summed E-state index contributed by atoms with van der Waals surface area (Å²) in [6.45, 7) is -0.591. The maximum atomic E-state index is 12.2. The molecule has 0 saturated carbocycles. The Labute approximate surface area is 160 Å². The van der Waals surface area contributed by atoms with Crippen molar-refractivity contribution in [3.63, 3.8) is 0 Å². The molecule has 2 aliphatic heterocycles. The predicted octanol–water partition coefficient (Wildman–Crippen LogP) is 3.27. The highest BCUT2D eigenvalue weighted by atomic mass is 32.1. The Bertz CT molecular complexity index is 901. The number of fused-ring (bicyclic) bond motifs is 4. The second-order valence-electron chi connectivity index (χ2n) is 6.94. The minimum atomic E-state index is -2.84. The summed E-state index contributed by atoms with van der Waals surface area (Å²) < 4.78 is 30.7. The summed E-state index contributed by atoms with van der Waals surface area (Å²) in [5, 5.41) is 3.76. The van der Waals surface area contributed by atoms with Crippen molar-refractivity contribution in [2.45, 2.75) is 25.5 Å². The van der Waals surface area contributed by atoms with Gasteiger partial charge in [0, 0.05) is 43.0 Å². The summed E-state index contributed by atoms with van der Waals surface area (Å²) in [7, 11) is 0. The molecule has 2 atom stereocenters. The molecule has 1 aromatic carbocycles. The average molecular weight is 391 g/mol. The Balaban J connectivity index is 1.44.